The van der Waals surface area contributed by atoms with Crippen molar-refractivity contribution in [3.63, 3.8) is 0 Å². The number of imidazole rings is 1. The average Bonchev–Trinajstić information content (AvgIpc) is 3.32. The summed E-state index contributed by atoms with van der Waals surface area (Å²) in [4.78, 5) is 21.1. The number of aliphatic hydroxyl groups is 1. The Morgan fingerprint density at radius 3 is 2.63 bits per heavy atom. The van der Waals surface area contributed by atoms with E-state index in [1.54, 1.807) is 35.9 Å². The summed E-state index contributed by atoms with van der Waals surface area (Å²) in [6.07, 6.45) is -3.58. The summed E-state index contributed by atoms with van der Waals surface area (Å²) in [6, 6.07) is 9.58. The molecule has 14 heteroatoms. The molecule has 1 saturated heterocycles. The lowest BCUT2D eigenvalue weighted by atomic mass is 10.1. The third-order valence-electron chi connectivity index (χ3n) is 7.29. The number of hydrogen-bond donors (Lipinski definition) is 1. The largest absolute Gasteiger partial charge is 0.573 e. The maximum absolute atomic E-state index is 14.8. The average molecular weight is 627 g/mol. The van der Waals surface area contributed by atoms with Gasteiger partial charge in [0, 0.05) is 38.2 Å². The molecule has 2 aromatic carbocycles. The van der Waals surface area contributed by atoms with E-state index >= 15 is 0 Å². The van der Waals surface area contributed by atoms with Crippen LogP contribution < -0.4 is 9.64 Å². The summed E-state index contributed by atoms with van der Waals surface area (Å²) < 4.78 is 70.2. The van der Waals surface area contributed by atoms with Gasteiger partial charge in [-0.15, -0.1) is 13.2 Å². The number of carbonyl (C=O) groups excluding carboxylic acids is 1. The van der Waals surface area contributed by atoms with Crippen molar-refractivity contribution < 1.29 is 41.7 Å². The van der Waals surface area contributed by atoms with E-state index in [1.807, 2.05) is 0 Å². The van der Waals surface area contributed by atoms with Gasteiger partial charge in [0.05, 0.1) is 6.61 Å². The molecule has 0 spiro atoms. The molecule has 232 valence electrons. The van der Waals surface area contributed by atoms with Crippen LogP contribution >= 0.6 is 11.6 Å². The monoisotopic (exact) mass is 626 g/mol. The first-order valence-corrected chi connectivity index (χ1v) is 14.2. The maximum Gasteiger partial charge on any atom is 0.573 e. The molecule has 3 heterocycles. The molecule has 2 atom stereocenters. The first kappa shape index (κ1) is 31.0. The minimum atomic E-state index is -4.95. The van der Waals surface area contributed by atoms with Gasteiger partial charge in [0.15, 0.2) is 17.8 Å². The second kappa shape index (κ2) is 13.1. The second-order valence-electron chi connectivity index (χ2n) is 10.4. The van der Waals surface area contributed by atoms with E-state index in [2.05, 4.69) is 9.72 Å². The molecule has 43 heavy (non-hydrogen) atoms. The summed E-state index contributed by atoms with van der Waals surface area (Å²) >= 11 is 6.05. The molecule has 2 aliphatic rings. The normalized spacial score (nSPS) is 19.1. The van der Waals surface area contributed by atoms with Crippen molar-refractivity contribution in [3.8, 4) is 5.75 Å². The topological polar surface area (TPSA) is 89.3 Å². The zero-order valence-electron chi connectivity index (χ0n) is 23.3. The lowest BCUT2D eigenvalue weighted by molar-refractivity contribution is -0.274. The van der Waals surface area contributed by atoms with Crippen molar-refractivity contribution >= 4 is 23.3 Å². The molecule has 5 rings (SSSR count). The minimum absolute atomic E-state index is 0.115. The Morgan fingerprint density at radius 1 is 1.16 bits per heavy atom. The van der Waals surface area contributed by atoms with Crippen LogP contribution in [-0.2, 0) is 22.4 Å². The van der Waals surface area contributed by atoms with E-state index in [0.717, 1.165) is 43.0 Å². The fraction of sp³-hybridized carbons (Fsp3) is 0.448. The van der Waals surface area contributed by atoms with Crippen molar-refractivity contribution in [2.24, 2.45) is 0 Å². The van der Waals surface area contributed by atoms with E-state index in [4.69, 9.17) is 21.1 Å². The number of amides is 1. The van der Waals surface area contributed by atoms with Crippen LogP contribution in [0, 0.1) is 5.82 Å². The first-order chi connectivity index (χ1) is 20.5. The Hall–Kier alpha value is -3.39. The van der Waals surface area contributed by atoms with Gasteiger partial charge in [-0.05, 0) is 67.1 Å². The Balaban J connectivity index is 1.44. The fourth-order valence-electron chi connectivity index (χ4n) is 5.14. The quantitative estimate of drug-likeness (QED) is 0.241. The Kier molecular flexibility index (Phi) is 9.45. The van der Waals surface area contributed by atoms with Gasteiger partial charge in [-0.1, -0.05) is 23.7 Å². The third-order valence-corrected chi connectivity index (χ3v) is 7.54. The smallest absolute Gasteiger partial charge is 0.406 e. The number of halogens is 5. The van der Waals surface area contributed by atoms with Crippen molar-refractivity contribution in [3.05, 3.63) is 75.9 Å². The summed E-state index contributed by atoms with van der Waals surface area (Å²) in [5.74, 6) is -1.49. The SMILES string of the molecule is CN1c2nc(Cc3cc(OC(F)(F)F)ccc3F)n(Cc3ccc(Cl)cc3)c2C(=O)N(CCCOC2CCCCO2)C1O. The van der Waals surface area contributed by atoms with E-state index < -0.39 is 30.2 Å². The van der Waals surface area contributed by atoms with Gasteiger partial charge in [0.1, 0.15) is 17.4 Å². The molecule has 1 N–H and O–H groups in total. The van der Waals surface area contributed by atoms with Crippen LogP contribution in [0.5, 0.6) is 5.75 Å². The summed E-state index contributed by atoms with van der Waals surface area (Å²) in [5.41, 5.74) is 0.780. The van der Waals surface area contributed by atoms with Crippen molar-refractivity contribution in [1.82, 2.24) is 14.5 Å². The molecule has 0 aliphatic carbocycles. The highest BCUT2D eigenvalue weighted by Gasteiger charge is 2.40. The second-order valence-corrected chi connectivity index (χ2v) is 10.8. The number of aromatic nitrogens is 2. The number of benzene rings is 2. The van der Waals surface area contributed by atoms with Gasteiger partial charge in [-0.3, -0.25) is 9.69 Å². The number of carbonyl (C=O) groups is 1. The lowest BCUT2D eigenvalue weighted by Crippen LogP contribution is -2.54. The van der Waals surface area contributed by atoms with Crippen molar-refractivity contribution in [2.75, 3.05) is 31.7 Å². The number of nitrogens with zero attached hydrogens (tertiary/aromatic N) is 4. The van der Waals surface area contributed by atoms with Gasteiger partial charge in [0.2, 0.25) is 6.35 Å². The molecular formula is C29H31ClF4N4O5. The fourth-order valence-corrected chi connectivity index (χ4v) is 5.27. The number of hydrogen-bond acceptors (Lipinski definition) is 7. The first-order valence-electron chi connectivity index (χ1n) is 13.8. The molecule has 1 fully saturated rings. The molecule has 3 aromatic rings. The minimum Gasteiger partial charge on any atom is -0.406 e. The third kappa shape index (κ3) is 7.40. The molecular weight excluding hydrogens is 596 g/mol. The Morgan fingerprint density at radius 2 is 1.93 bits per heavy atom. The highest BCUT2D eigenvalue weighted by Crippen LogP contribution is 2.33. The van der Waals surface area contributed by atoms with E-state index in [1.165, 1.54) is 9.80 Å². The van der Waals surface area contributed by atoms with E-state index in [0.29, 0.717) is 24.7 Å². The molecule has 2 unspecified atom stereocenters. The molecule has 0 saturated carbocycles. The van der Waals surface area contributed by atoms with Crippen LogP contribution in [0.15, 0.2) is 42.5 Å². The Bertz CT molecular complexity index is 1430. The summed E-state index contributed by atoms with van der Waals surface area (Å²) in [7, 11) is 1.57. The van der Waals surface area contributed by atoms with E-state index in [-0.39, 0.29) is 48.7 Å². The number of aliphatic hydroxyl groups excluding tert-OH is 1. The maximum atomic E-state index is 14.8. The number of alkyl halides is 3. The lowest BCUT2D eigenvalue weighted by Gasteiger charge is -2.38. The van der Waals surface area contributed by atoms with Crippen LogP contribution in [0.2, 0.25) is 5.02 Å². The van der Waals surface area contributed by atoms with Crippen molar-refractivity contribution in [2.45, 2.75) is 57.7 Å². The molecule has 0 bridgehead atoms. The Labute approximate surface area is 250 Å². The predicted molar refractivity (Wildman–Crippen MR) is 148 cm³/mol. The van der Waals surface area contributed by atoms with Crippen LogP contribution in [-0.4, -0.2) is 71.3 Å². The van der Waals surface area contributed by atoms with Gasteiger partial charge < -0.3 is 28.8 Å². The number of anilines is 1. The summed E-state index contributed by atoms with van der Waals surface area (Å²) in [6.45, 7) is 1.26. The van der Waals surface area contributed by atoms with Gasteiger partial charge >= 0.3 is 6.36 Å². The predicted octanol–water partition coefficient (Wildman–Crippen LogP) is 5.31. The molecule has 1 aromatic heterocycles. The highest BCUT2D eigenvalue weighted by molar-refractivity contribution is 6.30. The number of ether oxygens (including phenoxy) is 3. The van der Waals surface area contributed by atoms with Crippen molar-refractivity contribution in [1.29, 1.82) is 0 Å². The van der Waals surface area contributed by atoms with Crippen LogP contribution in [0.25, 0.3) is 0 Å². The van der Waals surface area contributed by atoms with Gasteiger partial charge in [-0.2, -0.15) is 0 Å². The molecule has 9 nitrogen and oxygen atoms in total. The molecule has 1 amide bonds. The van der Waals surface area contributed by atoms with Crippen LogP contribution in [0.3, 0.4) is 0 Å². The summed E-state index contributed by atoms with van der Waals surface area (Å²) in [5, 5.41) is 11.5. The number of rotatable bonds is 10. The number of fused-ring (bicyclic) bond motifs is 1. The molecule has 2 aliphatic heterocycles. The van der Waals surface area contributed by atoms with Crippen LogP contribution in [0.4, 0.5) is 23.4 Å². The van der Waals surface area contributed by atoms with Crippen LogP contribution in [0.1, 0.15) is 53.1 Å². The zero-order valence-corrected chi connectivity index (χ0v) is 24.1. The zero-order chi connectivity index (χ0) is 30.7. The van der Waals surface area contributed by atoms with Gasteiger partial charge in [-0.25, -0.2) is 9.37 Å². The highest BCUT2D eigenvalue weighted by atomic mass is 35.5. The van der Waals surface area contributed by atoms with Gasteiger partial charge in [0.25, 0.3) is 5.91 Å². The van der Waals surface area contributed by atoms with E-state index in [9.17, 15) is 27.5 Å². The molecule has 0 radical (unpaired) electrons. The standard InChI is InChI=1S/C29H31ClF4N4O5/c1-36-26-25(27(39)37(28(36)40)12-4-14-42-24-5-2-3-13-41-24)38(17-18-6-8-20(30)9-7-18)23(35-26)16-19-15-21(10-11-22(19)31)43-29(32,33)34/h6-11,15,24,28,40H,2-5,12-14,16-17H2,1H3.